The van der Waals surface area contributed by atoms with Gasteiger partial charge in [-0.3, -0.25) is 19.2 Å². The van der Waals surface area contributed by atoms with Crippen LogP contribution in [-0.4, -0.2) is 99.9 Å². The Balaban J connectivity index is 0. The number of aliphatic carboxylic acids is 4. The van der Waals surface area contributed by atoms with Crippen molar-refractivity contribution in [3.8, 4) is 0 Å². The molecule has 0 unspecified atom stereocenters. The van der Waals surface area contributed by atoms with E-state index in [0.717, 1.165) is 0 Å². The minimum Gasteiger partial charge on any atom is -0.480 e. The molecule has 0 saturated heterocycles. The Hall–Kier alpha value is -3.16. The Bertz CT molecular complexity index is 814. The molecule has 4 atom stereocenters. The zero-order chi connectivity index (χ0) is 28.3. The second kappa shape index (κ2) is 20.1. The van der Waals surface area contributed by atoms with Gasteiger partial charge in [0.1, 0.15) is 24.2 Å². The monoisotopic (exact) mass is 552 g/mol. The summed E-state index contributed by atoms with van der Waals surface area (Å²) in [4.78, 5) is 53.1. The number of H-pyrrole nitrogens is 2. The van der Waals surface area contributed by atoms with Crippen molar-refractivity contribution >= 4 is 49.1 Å². The van der Waals surface area contributed by atoms with Crippen LogP contribution in [0.4, 0.5) is 0 Å². The SMILES string of the molecule is N[C@@H](CS)C(=O)O.N[C@@H](CS)C(=O)O.N[C@@H](Cc1c[nH]cn1)C(=O)O.N[C@@H](Cc1c[nH]cn1)C(=O)O. The van der Waals surface area contributed by atoms with E-state index in [1.807, 2.05) is 0 Å². The van der Waals surface area contributed by atoms with Gasteiger partial charge in [0.15, 0.2) is 0 Å². The molecule has 2 rings (SSSR count). The van der Waals surface area contributed by atoms with Gasteiger partial charge in [0.05, 0.1) is 24.0 Å². The van der Waals surface area contributed by atoms with Gasteiger partial charge in [-0.25, -0.2) is 9.97 Å². The highest BCUT2D eigenvalue weighted by Gasteiger charge is 2.13. The molecule has 14 N–H and O–H groups in total. The summed E-state index contributed by atoms with van der Waals surface area (Å²) in [7, 11) is 0. The largest absolute Gasteiger partial charge is 0.480 e. The molecular formula is C18H32N8O8S2. The summed E-state index contributed by atoms with van der Waals surface area (Å²) in [5.41, 5.74) is 21.7. The third kappa shape index (κ3) is 18.2. The van der Waals surface area contributed by atoms with E-state index in [-0.39, 0.29) is 24.3 Å². The summed E-state index contributed by atoms with van der Waals surface area (Å²) in [6.45, 7) is 0. The van der Waals surface area contributed by atoms with Gasteiger partial charge in [-0.2, -0.15) is 25.3 Å². The predicted molar refractivity (Wildman–Crippen MR) is 135 cm³/mol. The molecule has 2 aromatic heterocycles. The standard InChI is InChI=1S/2C6H9N3O2.2C3H7NO2S/c2*7-5(6(10)11)1-4-2-8-3-9-4;2*4-2(1-7)3(5)6/h2*2-3,5H,1,7H2,(H,8,9)(H,10,11);2*2,7H,1,4H2,(H,5,6)/t2*5-;2*2-/m0000/s1. The highest BCUT2D eigenvalue weighted by atomic mass is 32.1. The molecular weight excluding hydrogens is 520 g/mol. The predicted octanol–water partition coefficient (Wildman–Crippen LogP) is -2.62. The van der Waals surface area contributed by atoms with Crippen LogP contribution in [0.5, 0.6) is 0 Å². The van der Waals surface area contributed by atoms with Crippen LogP contribution in [0.2, 0.25) is 0 Å². The van der Waals surface area contributed by atoms with E-state index in [4.69, 9.17) is 43.4 Å². The molecule has 2 aromatic rings. The average molecular weight is 553 g/mol. The summed E-state index contributed by atoms with van der Waals surface area (Å²) in [6, 6.07) is -3.36. The third-order valence-corrected chi connectivity index (χ3v) is 4.42. The number of carbonyl (C=O) groups is 4. The molecule has 0 spiro atoms. The summed E-state index contributed by atoms with van der Waals surface area (Å²) in [6.07, 6.45) is 6.76. The van der Waals surface area contributed by atoms with Gasteiger partial charge in [0, 0.05) is 36.7 Å². The zero-order valence-electron chi connectivity index (χ0n) is 19.0. The molecule has 0 saturated carbocycles. The highest BCUT2D eigenvalue weighted by Crippen LogP contribution is 1.96. The second-order valence-corrected chi connectivity index (χ2v) is 7.40. The lowest BCUT2D eigenvalue weighted by Crippen LogP contribution is -2.32. The van der Waals surface area contributed by atoms with E-state index >= 15 is 0 Å². The number of thiol groups is 2. The van der Waals surface area contributed by atoms with Crippen LogP contribution in [0, 0.1) is 0 Å². The number of hydrogen-bond donors (Lipinski definition) is 12. The van der Waals surface area contributed by atoms with Crippen LogP contribution in [0.25, 0.3) is 0 Å². The van der Waals surface area contributed by atoms with Crippen molar-refractivity contribution in [3.05, 3.63) is 36.4 Å². The van der Waals surface area contributed by atoms with Crippen LogP contribution < -0.4 is 22.9 Å². The van der Waals surface area contributed by atoms with E-state index in [0.29, 0.717) is 11.4 Å². The molecule has 0 aromatic carbocycles. The fourth-order valence-electron chi connectivity index (χ4n) is 1.59. The van der Waals surface area contributed by atoms with Gasteiger partial charge in [0.25, 0.3) is 0 Å². The molecule has 0 radical (unpaired) electrons. The minimum atomic E-state index is -1.01. The van der Waals surface area contributed by atoms with Gasteiger partial charge < -0.3 is 53.3 Å². The van der Waals surface area contributed by atoms with Crippen molar-refractivity contribution in [3.63, 3.8) is 0 Å². The van der Waals surface area contributed by atoms with E-state index in [1.54, 1.807) is 12.4 Å². The van der Waals surface area contributed by atoms with Crippen LogP contribution in [0.1, 0.15) is 11.4 Å². The minimum absolute atomic E-state index is 0.190. The maximum Gasteiger partial charge on any atom is 0.321 e. The summed E-state index contributed by atoms with van der Waals surface area (Å²) in [5.74, 6) is -3.64. The van der Waals surface area contributed by atoms with Gasteiger partial charge in [0.2, 0.25) is 0 Å². The Morgan fingerprint density at radius 1 is 0.667 bits per heavy atom. The van der Waals surface area contributed by atoms with Gasteiger partial charge in [-0.1, -0.05) is 0 Å². The first-order valence-corrected chi connectivity index (χ1v) is 11.1. The number of rotatable bonds is 10. The molecule has 36 heavy (non-hydrogen) atoms. The summed E-state index contributed by atoms with van der Waals surface area (Å²) in [5, 5.41) is 32.9. The number of hydrogen-bond acceptors (Lipinski definition) is 12. The first kappa shape index (κ1) is 35.0. The number of aromatic amines is 2. The molecule has 2 heterocycles. The number of imidazole rings is 2. The van der Waals surface area contributed by atoms with Crippen LogP contribution in [-0.2, 0) is 32.0 Å². The van der Waals surface area contributed by atoms with E-state index in [1.165, 1.54) is 12.7 Å². The normalized spacial score (nSPS) is 13.1. The molecule has 204 valence electrons. The molecule has 0 aliphatic heterocycles. The fraction of sp³-hybridized carbons (Fsp3) is 0.444. The first-order chi connectivity index (χ1) is 16.8. The Morgan fingerprint density at radius 2 is 0.944 bits per heavy atom. The van der Waals surface area contributed by atoms with E-state index < -0.39 is 48.0 Å². The lowest BCUT2D eigenvalue weighted by Gasteiger charge is -2.01. The molecule has 0 fully saturated rings. The maximum absolute atomic E-state index is 10.3. The number of nitrogens with zero attached hydrogens (tertiary/aromatic N) is 2. The second-order valence-electron chi connectivity index (χ2n) is 6.67. The van der Waals surface area contributed by atoms with Crippen LogP contribution in [0.15, 0.2) is 25.0 Å². The smallest absolute Gasteiger partial charge is 0.321 e. The Labute approximate surface area is 216 Å². The fourth-order valence-corrected chi connectivity index (χ4v) is 1.90. The Morgan fingerprint density at radius 3 is 1.08 bits per heavy atom. The molecule has 0 bridgehead atoms. The Kier molecular flexibility index (Phi) is 19.5. The lowest BCUT2D eigenvalue weighted by atomic mass is 10.2. The average Bonchev–Trinajstić information content (AvgIpc) is 3.53. The molecule has 0 aliphatic carbocycles. The van der Waals surface area contributed by atoms with Crippen molar-refractivity contribution in [2.75, 3.05) is 11.5 Å². The maximum atomic E-state index is 10.3. The van der Waals surface area contributed by atoms with Crippen molar-refractivity contribution in [2.24, 2.45) is 22.9 Å². The van der Waals surface area contributed by atoms with E-state index in [9.17, 15) is 19.2 Å². The molecule has 0 aliphatic rings. The van der Waals surface area contributed by atoms with Gasteiger partial charge in [-0.05, 0) is 0 Å². The molecule has 0 amide bonds. The quantitative estimate of drug-likeness (QED) is 0.134. The van der Waals surface area contributed by atoms with Crippen LogP contribution in [0.3, 0.4) is 0 Å². The van der Waals surface area contributed by atoms with Crippen molar-refractivity contribution < 1.29 is 39.6 Å². The van der Waals surface area contributed by atoms with Gasteiger partial charge >= 0.3 is 23.9 Å². The number of aromatic nitrogens is 4. The van der Waals surface area contributed by atoms with Crippen molar-refractivity contribution in [1.82, 2.24) is 19.9 Å². The molecule has 16 nitrogen and oxygen atoms in total. The number of carboxylic acid groups (broad SMARTS) is 4. The van der Waals surface area contributed by atoms with E-state index in [2.05, 4.69) is 45.2 Å². The summed E-state index contributed by atoms with van der Waals surface area (Å²) < 4.78 is 0. The molecule has 18 heteroatoms. The number of nitrogens with one attached hydrogen (secondary N) is 2. The lowest BCUT2D eigenvalue weighted by molar-refractivity contribution is -0.139. The third-order valence-electron chi connectivity index (χ3n) is 3.63. The number of carboxylic acids is 4. The zero-order valence-corrected chi connectivity index (χ0v) is 20.8. The van der Waals surface area contributed by atoms with Crippen molar-refractivity contribution in [1.29, 1.82) is 0 Å². The van der Waals surface area contributed by atoms with Gasteiger partial charge in [-0.15, -0.1) is 0 Å². The summed E-state index contributed by atoms with van der Waals surface area (Å²) >= 11 is 7.30. The number of nitrogens with two attached hydrogens (primary N) is 4. The highest BCUT2D eigenvalue weighted by molar-refractivity contribution is 7.80. The topological polar surface area (TPSA) is 311 Å². The first-order valence-electron chi connectivity index (χ1n) is 9.87. The van der Waals surface area contributed by atoms with Crippen LogP contribution >= 0.6 is 25.3 Å². The van der Waals surface area contributed by atoms with Crippen molar-refractivity contribution in [2.45, 2.75) is 37.0 Å².